The molecule has 1 saturated heterocycles. The normalized spacial score (nSPS) is 22.3. The monoisotopic (exact) mass is 323 g/mol. The number of carbonyl (C=O) groups is 1. The third-order valence-electron chi connectivity index (χ3n) is 5.20. The number of Topliss-reactive ketones (excluding diaryl/α,β-unsaturated/α-hetero) is 1. The van der Waals surface area contributed by atoms with Crippen molar-refractivity contribution in [3.8, 4) is 11.5 Å². The molecular formula is C20H21NO3. The van der Waals surface area contributed by atoms with E-state index in [1.54, 1.807) is 14.2 Å². The first-order valence-electron chi connectivity index (χ1n) is 8.27. The van der Waals surface area contributed by atoms with Crippen LogP contribution in [-0.4, -0.2) is 38.0 Å². The van der Waals surface area contributed by atoms with Crippen molar-refractivity contribution in [1.82, 2.24) is 4.90 Å². The first-order valence-corrected chi connectivity index (χ1v) is 8.27. The lowest BCUT2D eigenvalue weighted by atomic mass is 9.96. The summed E-state index contributed by atoms with van der Waals surface area (Å²) in [5, 5.41) is 0. The van der Waals surface area contributed by atoms with Crippen LogP contribution < -0.4 is 9.47 Å². The molecule has 0 spiro atoms. The standard InChI is InChI=1S/C20H21NO3/c1-23-18-8-14-15(9-19(18)24-2)20(22)17-12-21(11-16(14)17)10-13-6-4-3-5-7-13/h3-9,16-17H,10-12H2,1-2H3. The Morgan fingerprint density at radius 3 is 2.38 bits per heavy atom. The lowest BCUT2D eigenvalue weighted by Crippen LogP contribution is -2.23. The van der Waals surface area contributed by atoms with Crippen LogP contribution in [0.5, 0.6) is 11.5 Å². The molecule has 24 heavy (non-hydrogen) atoms. The second-order valence-corrected chi connectivity index (χ2v) is 6.55. The molecule has 2 aliphatic rings. The van der Waals surface area contributed by atoms with Crippen molar-refractivity contribution in [2.24, 2.45) is 5.92 Å². The molecule has 1 aliphatic carbocycles. The third kappa shape index (κ3) is 2.38. The van der Waals surface area contributed by atoms with E-state index < -0.39 is 0 Å². The highest BCUT2D eigenvalue weighted by molar-refractivity contribution is 6.04. The highest BCUT2D eigenvalue weighted by Gasteiger charge is 2.46. The number of rotatable bonds is 4. The van der Waals surface area contributed by atoms with Gasteiger partial charge in [0.2, 0.25) is 0 Å². The molecule has 0 saturated carbocycles. The van der Waals surface area contributed by atoms with Crippen molar-refractivity contribution in [1.29, 1.82) is 0 Å². The molecule has 0 aromatic heterocycles. The fourth-order valence-corrected chi connectivity index (χ4v) is 4.05. The minimum absolute atomic E-state index is 0.0560. The number of benzene rings is 2. The van der Waals surface area contributed by atoms with Crippen LogP contribution in [0.25, 0.3) is 0 Å². The first kappa shape index (κ1) is 15.2. The SMILES string of the molecule is COc1cc2c(cc1OC)C1CN(Cc3ccccc3)CC1C2=O. The quantitative estimate of drug-likeness (QED) is 0.866. The molecule has 0 N–H and O–H groups in total. The van der Waals surface area contributed by atoms with Crippen LogP contribution in [-0.2, 0) is 6.54 Å². The van der Waals surface area contributed by atoms with Gasteiger partial charge in [-0.1, -0.05) is 30.3 Å². The fraction of sp³-hybridized carbons (Fsp3) is 0.350. The molecule has 1 aliphatic heterocycles. The average molecular weight is 323 g/mol. The fourth-order valence-electron chi connectivity index (χ4n) is 4.05. The number of carbonyl (C=O) groups excluding carboxylic acids is 1. The number of ether oxygens (including phenoxy) is 2. The average Bonchev–Trinajstić information content (AvgIpc) is 3.13. The van der Waals surface area contributed by atoms with Crippen LogP contribution >= 0.6 is 0 Å². The zero-order chi connectivity index (χ0) is 16.7. The molecule has 1 fully saturated rings. The van der Waals surface area contributed by atoms with Crippen molar-refractivity contribution in [2.75, 3.05) is 27.3 Å². The predicted octanol–water partition coefficient (Wildman–Crippen LogP) is 3.12. The molecule has 0 radical (unpaired) electrons. The van der Waals surface area contributed by atoms with Crippen molar-refractivity contribution in [3.63, 3.8) is 0 Å². The molecule has 2 unspecified atom stereocenters. The van der Waals surface area contributed by atoms with E-state index in [0.29, 0.717) is 11.5 Å². The van der Waals surface area contributed by atoms with Crippen LogP contribution in [0.3, 0.4) is 0 Å². The van der Waals surface area contributed by atoms with Gasteiger partial charge >= 0.3 is 0 Å². The van der Waals surface area contributed by atoms with Gasteiger partial charge < -0.3 is 9.47 Å². The number of hydrogen-bond donors (Lipinski definition) is 0. The maximum atomic E-state index is 12.8. The molecule has 2 atom stereocenters. The van der Waals surface area contributed by atoms with E-state index in [9.17, 15) is 4.79 Å². The van der Waals surface area contributed by atoms with Crippen molar-refractivity contribution in [3.05, 3.63) is 59.2 Å². The molecule has 0 amide bonds. The lowest BCUT2D eigenvalue weighted by molar-refractivity contribution is 0.0931. The second-order valence-electron chi connectivity index (χ2n) is 6.55. The Kier molecular flexibility index (Phi) is 3.77. The number of ketones is 1. The largest absolute Gasteiger partial charge is 0.493 e. The summed E-state index contributed by atoms with van der Waals surface area (Å²) in [6.07, 6.45) is 0. The van der Waals surface area contributed by atoms with Gasteiger partial charge in [-0.05, 0) is 23.3 Å². The lowest BCUT2D eigenvalue weighted by Gasteiger charge is -2.18. The molecule has 124 valence electrons. The van der Waals surface area contributed by atoms with E-state index in [0.717, 1.165) is 30.8 Å². The Bertz CT molecular complexity index is 772. The number of hydrogen-bond acceptors (Lipinski definition) is 4. The summed E-state index contributed by atoms with van der Waals surface area (Å²) >= 11 is 0. The van der Waals surface area contributed by atoms with Gasteiger partial charge in [0.25, 0.3) is 0 Å². The van der Waals surface area contributed by atoms with E-state index in [1.165, 1.54) is 5.56 Å². The molecule has 1 heterocycles. The summed E-state index contributed by atoms with van der Waals surface area (Å²) < 4.78 is 10.8. The van der Waals surface area contributed by atoms with Gasteiger partial charge in [-0.2, -0.15) is 0 Å². The highest BCUT2D eigenvalue weighted by atomic mass is 16.5. The topological polar surface area (TPSA) is 38.8 Å². The molecule has 0 bridgehead atoms. The number of nitrogens with zero attached hydrogens (tertiary/aromatic N) is 1. The Hall–Kier alpha value is -2.33. The van der Waals surface area contributed by atoms with Crippen LogP contribution in [0.15, 0.2) is 42.5 Å². The van der Waals surface area contributed by atoms with Gasteiger partial charge in [-0.3, -0.25) is 9.69 Å². The zero-order valence-electron chi connectivity index (χ0n) is 14.0. The summed E-state index contributed by atoms with van der Waals surface area (Å²) in [7, 11) is 3.24. The minimum atomic E-state index is 0.0560. The van der Waals surface area contributed by atoms with Gasteiger partial charge in [0.1, 0.15) is 0 Å². The molecular weight excluding hydrogens is 302 g/mol. The smallest absolute Gasteiger partial charge is 0.168 e. The summed E-state index contributed by atoms with van der Waals surface area (Å²) in [5.74, 6) is 1.89. The Morgan fingerprint density at radius 2 is 1.67 bits per heavy atom. The Morgan fingerprint density at radius 1 is 1.00 bits per heavy atom. The van der Waals surface area contributed by atoms with Gasteiger partial charge in [0.15, 0.2) is 17.3 Å². The highest BCUT2D eigenvalue weighted by Crippen LogP contribution is 2.46. The summed E-state index contributed by atoms with van der Waals surface area (Å²) in [5.41, 5.74) is 3.21. The van der Waals surface area contributed by atoms with Crippen LogP contribution in [0, 0.1) is 5.92 Å². The Labute approximate surface area is 142 Å². The van der Waals surface area contributed by atoms with Crippen LogP contribution in [0.4, 0.5) is 0 Å². The van der Waals surface area contributed by atoms with Gasteiger partial charge in [-0.15, -0.1) is 0 Å². The molecule has 2 aromatic rings. The van der Waals surface area contributed by atoms with Crippen molar-refractivity contribution < 1.29 is 14.3 Å². The summed E-state index contributed by atoms with van der Waals surface area (Å²) in [6, 6.07) is 14.3. The zero-order valence-corrected chi connectivity index (χ0v) is 14.0. The van der Waals surface area contributed by atoms with Gasteiger partial charge in [0.05, 0.1) is 14.2 Å². The summed E-state index contributed by atoms with van der Waals surface area (Å²) in [4.78, 5) is 15.2. The second kappa shape index (κ2) is 5.95. The van der Waals surface area contributed by atoms with Gasteiger partial charge in [-0.25, -0.2) is 0 Å². The summed E-state index contributed by atoms with van der Waals surface area (Å²) in [6.45, 7) is 2.62. The van der Waals surface area contributed by atoms with E-state index in [4.69, 9.17) is 9.47 Å². The minimum Gasteiger partial charge on any atom is -0.493 e. The molecule has 4 nitrogen and oxygen atoms in total. The number of fused-ring (bicyclic) bond motifs is 3. The van der Waals surface area contributed by atoms with Crippen molar-refractivity contribution in [2.45, 2.75) is 12.5 Å². The number of likely N-dealkylation sites (tertiary alicyclic amines) is 1. The maximum absolute atomic E-state index is 12.8. The van der Waals surface area contributed by atoms with E-state index in [-0.39, 0.29) is 17.6 Å². The maximum Gasteiger partial charge on any atom is 0.168 e. The van der Waals surface area contributed by atoms with Crippen LogP contribution in [0.2, 0.25) is 0 Å². The van der Waals surface area contributed by atoms with Crippen molar-refractivity contribution >= 4 is 5.78 Å². The molecule has 4 heteroatoms. The third-order valence-corrected chi connectivity index (χ3v) is 5.20. The first-order chi connectivity index (χ1) is 11.7. The van der Waals surface area contributed by atoms with Gasteiger partial charge in [0, 0.05) is 37.0 Å². The van der Waals surface area contributed by atoms with E-state index in [1.807, 2.05) is 18.2 Å². The van der Waals surface area contributed by atoms with E-state index >= 15 is 0 Å². The number of methoxy groups -OCH3 is 2. The Balaban J connectivity index is 1.61. The predicted molar refractivity (Wildman–Crippen MR) is 91.8 cm³/mol. The molecule has 2 aromatic carbocycles. The van der Waals surface area contributed by atoms with E-state index in [2.05, 4.69) is 29.2 Å². The van der Waals surface area contributed by atoms with Crippen LogP contribution in [0.1, 0.15) is 27.4 Å². The molecule has 4 rings (SSSR count).